The van der Waals surface area contributed by atoms with Crippen molar-refractivity contribution in [3.8, 4) is 0 Å². The Labute approximate surface area is 117 Å². The average molecular weight is 290 g/mol. The van der Waals surface area contributed by atoms with E-state index < -0.39 is 16.6 Å². The van der Waals surface area contributed by atoms with E-state index in [1.165, 1.54) is 12.5 Å². The van der Waals surface area contributed by atoms with Crippen LogP contribution in [0, 0.1) is 0 Å². The van der Waals surface area contributed by atoms with Crippen molar-refractivity contribution in [2.75, 3.05) is 13.2 Å². The molecule has 0 unspecified atom stereocenters. The molecule has 0 saturated heterocycles. The minimum Gasteiger partial charge on any atom is -0.417 e. The first-order chi connectivity index (χ1) is 8.02. The fourth-order valence-corrected chi connectivity index (χ4v) is 4.89. The topological polar surface area (TPSA) is 21.3 Å². The van der Waals surface area contributed by atoms with Gasteiger partial charge in [0.2, 0.25) is 0 Å². The van der Waals surface area contributed by atoms with Crippen LogP contribution in [0.5, 0.6) is 0 Å². The fourth-order valence-electron chi connectivity index (χ4n) is 1.63. The Kier molecular flexibility index (Phi) is 7.36. The van der Waals surface area contributed by atoms with E-state index in [9.17, 15) is 0 Å². The first-order valence-electron chi connectivity index (χ1n) is 7.41. The molecule has 0 heterocycles. The van der Waals surface area contributed by atoms with Crippen molar-refractivity contribution in [2.24, 2.45) is 0 Å². The van der Waals surface area contributed by atoms with Gasteiger partial charge in [0.15, 0.2) is 8.32 Å². The maximum atomic E-state index is 6.00. The van der Waals surface area contributed by atoms with Crippen LogP contribution in [-0.4, -0.2) is 29.7 Å². The third kappa shape index (κ3) is 7.07. The van der Waals surface area contributed by atoms with Gasteiger partial charge in [0.25, 0.3) is 0 Å². The second kappa shape index (κ2) is 7.22. The zero-order chi connectivity index (χ0) is 14.4. The molecule has 0 aliphatic heterocycles. The van der Waals surface area contributed by atoms with E-state index >= 15 is 0 Å². The van der Waals surface area contributed by atoms with E-state index in [1.54, 1.807) is 0 Å². The molecule has 110 valence electrons. The molecule has 2 nitrogen and oxygen atoms in total. The van der Waals surface area contributed by atoms with Gasteiger partial charge in [-0.15, -0.1) is 0 Å². The predicted molar refractivity (Wildman–Crippen MR) is 88.3 cm³/mol. The van der Waals surface area contributed by atoms with Crippen LogP contribution in [0.4, 0.5) is 0 Å². The van der Waals surface area contributed by atoms with Crippen molar-refractivity contribution in [3.63, 3.8) is 0 Å². The van der Waals surface area contributed by atoms with E-state index in [4.69, 9.17) is 4.43 Å². The van der Waals surface area contributed by atoms with Gasteiger partial charge in [-0.25, -0.2) is 0 Å². The SMILES string of the molecule is CCCO[Si](C)(C)CCCN[Si](C)(C)C(C)(C)C. The van der Waals surface area contributed by atoms with Crippen LogP contribution in [0.25, 0.3) is 0 Å². The van der Waals surface area contributed by atoms with Crippen molar-refractivity contribution in [1.29, 1.82) is 0 Å². The molecule has 0 spiro atoms. The summed E-state index contributed by atoms with van der Waals surface area (Å²) in [5.74, 6) is 0. The van der Waals surface area contributed by atoms with Gasteiger partial charge in [-0.3, -0.25) is 0 Å². The fraction of sp³-hybridized carbons (Fsp3) is 1.00. The minimum absolute atomic E-state index is 0.429. The molecule has 0 rings (SSSR count). The summed E-state index contributed by atoms with van der Waals surface area (Å²) in [6, 6.07) is 1.27. The van der Waals surface area contributed by atoms with E-state index in [0.29, 0.717) is 5.04 Å². The Morgan fingerprint density at radius 1 is 1.06 bits per heavy atom. The zero-order valence-electron chi connectivity index (χ0n) is 13.9. The molecule has 0 amide bonds. The van der Waals surface area contributed by atoms with Crippen LogP contribution in [-0.2, 0) is 4.43 Å². The molecule has 0 saturated carbocycles. The summed E-state index contributed by atoms with van der Waals surface area (Å²) >= 11 is 0. The van der Waals surface area contributed by atoms with Crippen LogP contribution in [0.2, 0.25) is 37.3 Å². The normalized spacial score (nSPS) is 14.0. The number of hydrogen-bond donors (Lipinski definition) is 1. The molecule has 0 aromatic rings. The molecule has 0 aliphatic carbocycles. The van der Waals surface area contributed by atoms with Crippen molar-refractivity contribution in [2.45, 2.75) is 77.8 Å². The summed E-state index contributed by atoms with van der Waals surface area (Å²) in [4.78, 5) is 3.83. The van der Waals surface area contributed by atoms with E-state index in [1.807, 2.05) is 0 Å². The van der Waals surface area contributed by atoms with Crippen molar-refractivity contribution < 1.29 is 4.43 Å². The summed E-state index contributed by atoms with van der Waals surface area (Å²) in [6.07, 6.45) is 2.40. The maximum Gasteiger partial charge on any atom is 0.186 e. The Balaban J connectivity index is 3.93. The Bertz CT molecular complexity index is 234. The highest BCUT2D eigenvalue weighted by Crippen LogP contribution is 2.33. The van der Waals surface area contributed by atoms with Crippen LogP contribution >= 0.6 is 0 Å². The molecule has 1 N–H and O–H groups in total. The number of nitrogens with one attached hydrogen (secondary N) is 1. The van der Waals surface area contributed by atoms with Gasteiger partial charge < -0.3 is 9.41 Å². The first kappa shape index (κ1) is 18.4. The second-order valence-electron chi connectivity index (χ2n) is 7.51. The third-order valence-corrected chi connectivity index (χ3v) is 11.5. The molecule has 0 aliphatic rings. The third-order valence-electron chi connectivity index (χ3n) is 4.09. The highest BCUT2D eigenvalue weighted by atomic mass is 28.4. The van der Waals surface area contributed by atoms with E-state index in [-0.39, 0.29) is 0 Å². The van der Waals surface area contributed by atoms with Crippen molar-refractivity contribution in [3.05, 3.63) is 0 Å². The Morgan fingerprint density at radius 3 is 2.06 bits per heavy atom. The van der Waals surface area contributed by atoms with Gasteiger partial charge in [0.05, 0.1) is 0 Å². The lowest BCUT2D eigenvalue weighted by molar-refractivity contribution is 0.305. The van der Waals surface area contributed by atoms with E-state index in [0.717, 1.165) is 19.6 Å². The van der Waals surface area contributed by atoms with Crippen LogP contribution in [0.3, 0.4) is 0 Å². The molecule has 0 radical (unpaired) electrons. The molecule has 0 bridgehead atoms. The molecular formula is C14H35NOSi2. The summed E-state index contributed by atoms with van der Waals surface area (Å²) < 4.78 is 6.00. The molecule has 0 fully saturated rings. The van der Waals surface area contributed by atoms with Gasteiger partial charge in [-0.1, -0.05) is 40.8 Å². The molecule has 0 aromatic heterocycles. The molecule has 0 atom stereocenters. The smallest absolute Gasteiger partial charge is 0.186 e. The van der Waals surface area contributed by atoms with Crippen LogP contribution in [0.15, 0.2) is 0 Å². The lowest BCUT2D eigenvalue weighted by Gasteiger charge is -2.37. The van der Waals surface area contributed by atoms with Crippen molar-refractivity contribution in [1.82, 2.24) is 4.98 Å². The average Bonchev–Trinajstić information content (AvgIpc) is 2.20. The first-order valence-corrected chi connectivity index (χ1v) is 13.5. The Morgan fingerprint density at radius 2 is 1.61 bits per heavy atom. The van der Waals surface area contributed by atoms with Crippen LogP contribution < -0.4 is 4.98 Å². The van der Waals surface area contributed by atoms with Crippen molar-refractivity contribution >= 4 is 16.6 Å². The van der Waals surface area contributed by atoms with Gasteiger partial charge in [-0.05, 0) is 43.6 Å². The van der Waals surface area contributed by atoms with Gasteiger partial charge >= 0.3 is 0 Å². The highest BCUT2D eigenvalue weighted by Gasteiger charge is 2.34. The maximum absolute atomic E-state index is 6.00. The number of rotatable bonds is 8. The van der Waals surface area contributed by atoms with Gasteiger partial charge in [-0.2, -0.15) is 0 Å². The lowest BCUT2D eigenvalue weighted by atomic mass is 10.2. The summed E-state index contributed by atoms with van der Waals surface area (Å²) in [7, 11) is -2.69. The predicted octanol–water partition coefficient (Wildman–Crippen LogP) is 4.60. The largest absolute Gasteiger partial charge is 0.417 e. The second-order valence-corrected chi connectivity index (χ2v) is 16.9. The van der Waals surface area contributed by atoms with Crippen LogP contribution in [0.1, 0.15) is 40.5 Å². The molecule has 4 heteroatoms. The van der Waals surface area contributed by atoms with Gasteiger partial charge in [0.1, 0.15) is 8.24 Å². The standard InChI is InChI=1S/C14H35NOSi2/c1-9-12-16-17(5,6)13-10-11-15-18(7,8)14(2,3)4/h15H,9-13H2,1-8H3. The minimum atomic E-state index is -1.39. The Hall–Kier alpha value is 0.354. The monoisotopic (exact) mass is 289 g/mol. The zero-order valence-corrected chi connectivity index (χ0v) is 15.9. The van der Waals surface area contributed by atoms with Gasteiger partial charge in [0, 0.05) is 6.61 Å². The summed E-state index contributed by atoms with van der Waals surface area (Å²) in [6.45, 7) is 20.9. The quantitative estimate of drug-likeness (QED) is 0.521. The number of hydrogen-bond acceptors (Lipinski definition) is 2. The molecule has 0 aromatic carbocycles. The molecular weight excluding hydrogens is 254 g/mol. The molecule has 18 heavy (non-hydrogen) atoms. The highest BCUT2D eigenvalue weighted by molar-refractivity contribution is 6.77. The lowest BCUT2D eigenvalue weighted by Crippen LogP contribution is -2.52. The summed E-state index contributed by atoms with van der Waals surface area (Å²) in [5.41, 5.74) is 0. The summed E-state index contributed by atoms with van der Waals surface area (Å²) in [5, 5.41) is 0.429. The van der Waals surface area contributed by atoms with E-state index in [2.05, 4.69) is 58.9 Å².